The lowest BCUT2D eigenvalue weighted by atomic mass is 10.2. The third-order valence-corrected chi connectivity index (χ3v) is 5.42. The normalized spacial score (nSPS) is 16.7. The molecule has 1 atom stereocenters. The van der Waals surface area contributed by atoms with E-state index in [1.807, 2.05) is 19.1 Å². The maximum atomic E-state index is 12.1. The highest BCUT2D eigenvalue weighted by Gasteiger charge is 2.30. The third-order valence-electron chi connectivity index (χ3n) is 4.03. The van der Waals surface area contributed by atoms with Gasteiger partial charge in [-0.3, -0.25) is 19.3 Å². The van der Waals surface area contributed by atoms with E-state index in [1.54, 1.807) is 30.3 Å². The van der Waals surface area contributed by atoms with Crippen LogP contribution in [0.1, 0.15) is 18.1 Å². The van der Waals surface area contributed by atoms with Gasteiger partial charge >= 0.3 is 5.97 Å². The van der Waals surface area contributed by atoms with Crippen molar-refractivity contribution in [2.45, 2.75) is 24.8 Å². The number of carbonyl (C=O) groups excluding carboxylic acids is 2. The van der Waals surface area contributed by atoms with Crippen LogP contribution in [0.3, 0.4) is 0 Å². The molecule has 0 fully saturated rings. The van der Waals surface area contributed by atoms with Gasteiger partial charge in [0.05, 0.1) is 4.90 Å². The summed E-state index contributed by atoms with van der Waals surface area (Å²) in [6.07, 6.45) is -1.03. The van der Waals surface area contributed by atoms with Crippen LogP contribution >= 0.6 is 0 Å². The number of ether oxygens (including phenoxy) is 1. The highest BCUT2D eigenvalue weighted by atomic mass is 32.2. The molecule has 146 valence electrons. The summed E-state index contributed by atoms with van der Waals surface area (Å²) in [5.74, 6) is -1.15. The topological polar surface area (TPSA) is 114 Å². The Kier molecular flexibility index (Phi) is 5.46. The zero-order chi connectivity index (χ0) is 20.3. The van der Waals surface area contributed by atoms with Crippen molar-refractivity contribution >= 4 is 33.4 Å². The number of nitrogens with zero attached hydrogens (tertiary/aromatic N) is 1. The van der Waals surface area contributed by atoms with Crippen LogP contribution < -0.4 is 10.0 Å². The van der Waals surface area contributed by atoms with Crippen LogP contribution in [0.25, 0.3) is 0 Å². The molecule has 1 aliphatic heterocycles. The number of anilines is 1. The Balaban J connectivity index is 1.59. The van der Waals surface area contributed by atoms with E-state index in [2.05, 4.69) is 15.0 Å². The average Bonchev–Trinajstić information content (AvgIpc) is 2.92. The molecule has 28 heavy (non-hydrogen) atoms. The Morgan fingerprint density at radius 1 is 1.14 bits per heavy atom. The van der Waals surface area contributed by atoms with Crippen LogP contribution in [0.15, 0.2) is 58.4 Å². The molecule has 0 aliphatic carbocycles. The third kappa shape index (κ3) is 4.37. The summed E-state index contributed by atoms with van der Waals surface area (Å²) < 4.78 is 31.4. The Morgan fingerprint density at radius 3 is 2.54 bits per heavy atom. The molecular formula is C19H19N3O5S. The number of fused-ring (bicyclic) bond motifs is 1. The Bertz CT molecular complexity index is 1050. The zero-order valence-electron chi connectivity index (χ0n) is 15.3. The highest BCUT2D eigenvalue weighted by molar-refractivity contribution is 7.90. The second-order valence-corrected chi connectivity index (χ2v) is 7.90. The van der Waals surface area contributed by atoms with E-state index in [-0.39, 0.29) is 10.7 Å². The van der Waals surface area contributed by atoms with E-state index < -0.39 is 34.5 Å². The Hall–Kier alpha value is -3.20. The molecule has 3 rings (SSSR count). The predicted molar refractivity (Wildman–Crippen MR) is 104 cm³/mol. The first-order valence-corrected chi connectivity index (χ1v) is 9.98. The molecule has 9 heteroatoms. The number of aryl methyl sites for hydroxylation is 1. The van der Waals surface area contributed by atoms with Crippen molar-refractivity contribution in [3.8, 4) is 0 Å². The van der Waals surface area contributed by atoms with Gasteiger partial charge in [-0.1, -0.05) is 29.8 Å². The molecule has 2 aromatic carbocycles. The molecule has 1 amide bonds. The van der Waals surface area contributed by atoms with E-state index >= 15 is 0 Å². The van der Waals surface area contributed by atoms with Gasteiger partial charge in [-0.05, 0) is 38.1 Å². The van der Waals surface area contributed by atoms with Gasteiger partial charge in [0.15, 0.2) is 6.10 Å². The molecule has 2 aromatic rings. The van der Waals surface area contributed by atoms with Crippen molar-refractivity contribution in [1.82, 2.24) is 4.72 Å². The molecule has 2 N–H and O–H groups in total. The fraction of sp³-hybridized carbons (Fsp3) is 0.211. The molecule has 0 saturated carbocycles. The van der Waals surface area contributed by atoms with Crippen LogP contribution in [0.5, 0.6) is 0 Å². The van der Waals surface area contributed by atoms with Crippen LogP contribution in [0.2, 0.25) is 0 Å². The van der Waals surface area contributed by atoms with E-state index in [1.165, 1.54) is 13.0 Å². The van der Waals surface area contributed by atoms with E-state index in [9.17, 15) is 18.0 Å². The number of sulfonamides is 1. The number of rotatable bonds is 5. The second-order valence-electron chi connectivity index (χ2n) is 6.25. The number of nitrogens with one attached hydrogen (secondary N) is 2. The number of hydrogen-bond donors (Lipinski definition) is 2. The lowest BCUT2D eigenvalue weighted by molar-refractivity contribution is -0.151. The fourth-order valence-corrected chi connectivity index (χ4v) is 3.81. The molecule has 1 aliphatic rings. The largest absolute Gasteiger partial charge is 0.451 e. The predicted octanol–water partition coefficient (Wildman–Crippen LogP) is 1.60. The lowest BCUT2D eigenvalue weighted by Crippen LogP contribution is -2.31. The molecule has 1 heterocycles. The van der Waals surface area contributed by atoms with Gasteiger partial charge in [0.25, 0.3) is 15.9 Å². The monoisotopic (exact) mass is 401 g/mol. The quantitative estimate of drug-likeness (QED) is 0.739. The van der Waals surface area contributed by atoms with Crippen molar-refractivity contribution in [3.63, 3.8) is 0 Å². The second kappa shape index (κ2) is 7.81. The molecular weight excluding hydrogens is 382 g/mol. The van der Waals surface area contributed by atoms with E-state index in [0.717, 1.165) is 5.56 Å². The molecule has 0 saturated heterocycles. The van der Waals surface area contributed by atoms with Gasteiger partial charge in [0, 0.05) is 11.3 Å². The number of esters is 1. The molecule has 0 aromatic heterocycles. The van der Waals surface area contributed by atoms with Gasteiger partial charge < -0.3 is 10.1 Å². The highest BCUT2D eigenvalue weighted by Crippen LogP contribution is 2.22. The molecule has 0 radical (unpaired) electrons. The number of aliphatic imine (C=N–C) groups is 1. The molecule has 8 nitrogen and oxygen atoms in total. The van der Waals surface area contributed by atoms with Crippen LogP contribution in [0, 0.1) is 6.92 Å². The summed E-state index contributed by atoms with van der Waals surface area (Å²) in [5, 5.41) is 2.65. The standard InChI is InChI=1S/C19H19N3O5S/c1-12-7-9-14(10-8-12)21-19(24)13(2)27-17(23)11-20-18-15-5-3-4-6-16(15)28(25,26)22-18/h3-10,13H,11H2,1-2H3,(H,20,22)(H,21,24)/t13-/m0/s1. The first kappa shape index (κ1) is 19.6. The first-order valence-electron chi connectivity index (χ1n) is 8.50. The number of carbonyl (C=O) groups is 2. The summed E-state index contributed by atoms with van der Waals surface area (Å²) in [5.41, 5.74) is 2.04. The SMILES string of the molecule is Cc1ccc(NC(=O)[C@H](C)OC(=O)CN=C2NS(=O)(=O)c3ccccc32)cc1. The van der Waals surface area contributed by atoms with Crippen molar-refractivity contribution in [2.24, 2.45) is 4.99 Å². The van der Waals surface area contributed by atoms with Crippen molar-refractivity contribution in [2.75, 3.05) is 11.9 Å². The maximum absolute atomic E-state index is 12.1. The molecule has 0 bridgehead atoms. The Labute approximate surface area is 162 Å². The summed E-state index contributed by atoms with van der Waals surface area (Å²) in [7, 11) is -3.67. The average molecular weight is 401 g/mol. The van der Waals surface area contributed by atoms with Crippen molar-refractivity contribution in [1.29, 1.82) is 0 Å². The number of benzene rings is 2. The summed E-state index contributed by atoms with van der Waals surface area (Å²) in [4.78, 5) is 28.2. The minimum atomic E-state index is -3.67. The summed E-state index contributed by atoms with van der Waals surface area (Å²) in [6, 6.07) is 13.5. The van der Waals surface area contributed by atoms with Gasteiger partial charge in [0.2, 0.25) is 0 Å². The van der Waals surface area contributed by atoms with Gasteiger partial charge in [-0.2, -0.15) is 0 Å². The summed E-state index contributed by atoms with van der Waals surface area (Å²) >= 11 is 0. The van der Waals surface area contributed by atoms with Crippen molar-refractivity contribution < 1.29 is 22.7 Å². The molecule has 0 unspecified atom stereocenters. The van der Waals surface area contributed by atoms with Gasteiger partial charge in [0.1, 0.15) is 12.4 Å². The van der Waals surface area contributed by atoms with Crippen LogP contribution in [0.4, 0.5) is 5.69 Å². The summed E-state index contributed by atoms with van der Waals surface area (Å²) in [6.45, 7) is 2.96. The lowest BCUT2D eigenvalue weighted by Gasteiger charge is -2.13. The number of hydrogen-bond acceptors (Lipinski definition) is 6. The van der Waals surface area contributed by atoms with E-state index in [4.69, 9.17) is 4.74 Å². The first-order chi connectivity index (χ1) is 13.3. The van der Waals surface area contributed by atoms with Crippen LogP contribution in [-0.2, 0) is 24.3 Å². The van der Waals surface area contributed by atoms with Crippen molar-refractivity contribution in [3.05, 3.63) is 59.7 Å². The van der Waals surface area contributed by atoms with Gasteiger partial charge in [-0.25, -0.2) is 8.42 Å². The molecule has 0 spiro atoms. The minimum absolute atomic E-state index is 0.0734. The minimum Gasteiger partial charge on any atom is -0.451 e. The fourth-order valence-electron chi connectivity index (χ4n) is 2.56. The number of amidine groups is 1. The maximum Gasteiger partial charge on any atom is 0.328 e. The smallest absolute Gasteiger partial charge is 0.328 e. The number of amides is 1. The Morgan fingerprint density at radius 2 is 1.82 bits per heavy atom. The van der Waals surface area contributed by atoms with Gasteiger partial charge in [-0.15, -0.1) is 0 Å². The van der Waals surface area contributed by atoms with E-state index in [0.29, 0.717) is 11.3 Å². The zero-order valence-corrected chi connectivity index (χ0v) is 16.1. The van der Waals surface area contributed by atoms with Crippen LogP contribution in [-0.4, -0.2) is 38.8 Å².